The number of allylic oxidation sites excluding steroid dienone is 4. The molecule has 0 amide bonds. The van der Waals surface area contributed by atoms with Crippen LogP contribution in [0.4, 0.5) is 0 Å². The van der Waals surface area contributed by atoms with Crippen molar-refractivity contribution in [2.45, 2.75) is 25.8 Å². The van der Waals surface area contributed by atoms with Crippen LogP contribution in [0.25, 0.3) is 0 Å². The third-order valence-corrected chi connectivity index (χ3v) is 3.54. The van der Waals surface area contributed by atoms with E-state index in [9.17, 15) is 0 Å². The van der Waals surface area contributed by atoms with E-state index in [4.69, 9.17) is 11.6 Å². The van der Waals surface area contributed by atoms with Gasteiger partial charge < -0.3 is 5.32 Å². The second-order valence-corrected chi connectivity index (χ2v) is 4.84. The minimum absolute atomic E-state index is 0.207. The molecule has 0 aromatic rings. The van der Waals surface area contributed by atoms with Crippen LogP contribution in [-0.2, 0) is 0 Å². The Morgan fingerprint density at radius 3 is 3.18 bits per heavy atom. The van der Waals surface area contributed by atoms with Gasteiger partial charge in [0.2, 0.25) is 5.29 Å². The van der Waals surface area contributed by atoms with Crippen molar-refractivity contribution in [2.24, 2.45) is 9.98 Å². The van der Waals surface area contributed by atoms with Gasteiger partial charge in [-0.2, -0.15) is 0 Å². The lowest BCUT2D eigenvalue weighted by Crippen LogP contribution is -2.34. The molecule has 0 spiro atoms. The van der Waals surface area contributed by atoms with Gasteiger partial charge in [0.15, 0.2) is 0 Å². The monoisotopic (exact) mass is 247 g/mol. The molecule has 0 bridgehead atoms. The molecule has 3 nitrogen and oxygen atoms in total. The molecule has 1 atom stereocenters. The maximum absolute atomic E-state index is 5.83. The Balaban J connectivity index is 1.93. The molecule has 3 rings (SSSR count). The van der Waals surface area contributed by atoms with E-state index in [2.05, 4.69) is 40.5 Å². The highest BCUT2D eigenvalue weighted by molar-refractivity contribution is 6.66. The van der Waals surface area contributed by atoms with Crippen LogP contribution in [0.2, 0.25) is 0 Å². The lowest BCUT2D eigenvalue weighted by atomic mass is 9.96. The summed E-state index contributed by atoms with van der Waals surface area (Å²) in [6, 6.07) is 0.207. The van der Waals surface area contributed by atoms with Gasteiger partial charge in [-0.3, -0.25) is 4.99 Å². The van der Waals surface area contributed by atoms with Crippen molar-refractivity contribution in [1.29, 1.82) is 0 Å². The smallest absolute Gasteiger partial charge is 0.218 e. The van der Waals surface area contributed by atoms with E-state index < -0.39 is 0 Å². The third kappa shape index (κ3) is 1.95. The van der Waals surface area contributed by atoms with Crippen molar-refractivity contribution in [3.8, 4) is 0 Å². The number of hydrogen-bond acceptors (Lipinski definition) is 3. The number of aliphatic imine (C=N–C) groups is 2. The Kier molecular flexibility index (Phi) is 2.63. The number of hydrogen-bond donors (Lipinski definition) is 1. The van der Waals surface area contributed by atoms with E-state index in [1.165, 1.54) is 16.8 Å². The van der Waals surface area contributed by atoms with Crippen molar-refractivity contribution in [1.82, 2.24) is 5.32 Å². The second-order valence-electron chi connectivity index (χ2n) is 4.50. The van der Waals surface area contributed by atoms with Gasteiger partial charge >= 0.3 is 0 Å². The average Bonchev–Trinajstić information content (AvgIpc) is 2.72. The summed E-state index contributed by atoms with van der Waals surface area (Å²) in [5, 5.41) is 3.85. The molecule has 0 saturated carbocycles. The van der Waals surface area contributed by atoms with Gasteiger partial charge in [0.25, 0.3) is 0 Å². The lowest BCUT2D eigenvalue weighted by Gasteiger charge is -2.18. The summed E-state index contributed by atoms with van der Waals surface area (Å²) in [4.78, 5) is 8.41. The molecule has 1 N–H and O–H groups in total. The van der Waals surface area contributed by atoms with E-state index in [1.54, 1.807) is 0 Å². The molecule has 0 aromatic carbocycles. The number of fused-ring (bicyclic) bond motifs is 1. The zero-order valence-corrected chi connectivity index (χ0v) is 10.5. The van der Waals surface area contributed by atoms with E-state index in [0.29, 0.717) is 11.8 Å². The summed E-state index contributed by atoms with van der Waals surface area (Å²) in [5.41, 5.74) is 4.93. The molecule has 0 aromatic heterocycles. The van der Waals surface area contributed by atoms with Crippen LogP contribution in [-0.4, -0.2) is 23.6 Å². The number of halogens is 1. The fourth-order valence-corrected chi connectivity index (χ4v) is 2.58. The minimum atomic E-state index is 0.207. The van der Waals surface area contributed by atoms with Crippen molar-refractivity contribution >= 4 is 22.6 Å². The third-order valence-electron chi connectivity index (χ3n) is 3.33. The zero-order valence-electron chi connectivity index (χ0n) is 9.70. The van der Waals surface area contributed by atoms with E-state index >= 15 is 0 Å². The molecule has 88 valence electrons. The van der Waals surface area contributed by atoms with Gasteiger partial charge in [-0.1, -0.05) is 12.2 Å². The molecule has 1 unspecified atom stereocenters. The molecule has 0 fully saturated rings. The van der Waals surface area contributed by atoms with Crippen molar-refractivity contribution in [3.05, 3.63) is 35.1 Å². The Morgan fingerprint density at radius 2 is 2.35 bits per heavy atom. The van der Waals surface area contributed by atoms with Crippen LogP contribution >= 0.6 is 11.6 Å². The van der Waals surface area contributed by atoms with Gasteiger partial charge in [0.1, 0.15) is 0 Å². The Labute approximate surface area is 106 Å². The average molecular weight is 248 g/mol. The predicted octanol–water partition coefficient (Wildman–Crippen LogP) is 2.56. The molecule has 1 aliphatic carbocycles. The van der Waals surface area contributed by atoms with E-state index in [0.717, 1.165) is 18.6 Å². The Hall–Kier alpha value is -1.35. The summed E-state index contributed by atoms with van der Waals surface area (Å²) >= 11 is 5.83. The van der Waals surface area contributed by atoms with Gasteiger partial charge in [-0.05, 0) is 48.6 Å². The normalized spacial score (nSPS) is 27.2. The molecule has 0 saturated heterocycles. The Bertz CT molecular complexity index is 509. The lowest BCUT2D eigenvalue weighted by molar-refractivity contribution is 0.722. The number of rotatable bonds is 1. The van der Waals surface area contributed by atoms with Gasteiger partial charge in [0.05, 0.1) is 18.3 Å². The molecule has 0 radical (unpaired) electrons. The summed E-state index contributed by atoms with van der Waals surface area (Å²) in [6.07, 6.45) is 8.73. The number of amidine groups is 1. The maximum Gasteiger partial charge on any atom is 0.218 e. The first kappa shape index (κ1) is 10.8. The molecule has 2 heterocycles. The van der Waals surface area contributed by atoms with Gasteiger partial charge in [0, 0.05) is 5.70 Å². The largest absolute Gasteiger partial charge is 0.375 e. The van der Waals surface area contributed by atoms with E-state index in [1.807, 2.05) is 0 Å². The Morgan fingerprint density at radius 1 is 1.47 bits per heavy atom. The van der Waals surface area contributed by atoms with Gasteiger partial charge in [-0.15, -0.1) is 0 Å². The fourth-order valence-electron chi connectivity index (χ4n) is 2.42. The van der Waals surface area contributed by atoms with Crippen molar-refractivity contribution < 1.29 is 0 Å². The molecule has 3 aliphatic rings. The summed E-state index contributed by atoms with van der Waals surface area (Å²) < 4.78 is 0. The van der Waals surface area contributed by atoms with Crippen molar-refractivity contribution in [2.75, 3.05) is 6.54 Å². The van der Waals surface area contributed by atoms with Crippen LogP contribution in [0, 0.1) is 0 Å². The van der Waals surface area contributed by atoms with Crippen LogP contribution < -0.4 is 5.32 Å². The summed E-state index contributed by atoms with van der Waals surface area (Å²) in [5.74, 6) is 0. The minimum Gasteiger partial charge on any atom is -0.375 e. The van der Waals surface area contributed by atoms with E-state index in [-0.39, 0.29) is 6.04 Å². The summed E-state index contributed by atoms with van der Waals surface area (Å²) in [6.45, 7) is 2.83. The van der Waals surface area contributed by atoms with Crippen LogP contribution in [0.5, 0.6) is 0 Å². The van der Waals surface area contributed by atoms with Gasteiger partial charge in [-0.25, -0.2) is 4.99 Å². The SMILES string of the molecule is CC1=C(C2=CC3=NC(Cl)=NCC3N2)CCC=C1. The maximum atomic E-state index is 5.83. The molecule has 17 heavy (non-hydrogen) atoms. The highest BCUT2D eigenvalue weighted by atomic mass is 35.5. The first-order chi connectivity index (χ1) is 8.24. The zero-order chi connectivity index (χ0) is 11.8. The summed E-state index contributed by atoms with van der Waals surface area (Å²) in [7, 11) is 0. The highest BCUT2D eigenvalue weighted by Crippen LogP contribution is 2.27. The predicted molar refractivity (Wildman–Crippen MR) is 71.7 cm³/mol. The van der Waals surface area contributed by atoms with Crippen LogP contribution in [0.3, 0.4) is 0 Å². The quantitative estimate of drug-likeness (QED) is 0.711. The van der Waals surface area contributed by atoms with Crippen molar-refractivity contribution in [3.63, 3.8) is 0 Å². The first-order valence-corrected chi connectivity index (χ1v) is 6.25. The topological polar surface area (TPSA) is 36.8 Å². The second kappa shape index (κ2) is 4.15. The number of nitrogens with zero attached hydrogens (tertiary/aromatic N) is 2. The van der Waals surface area contributed by atoms with Crippen LogP contribution in [0.1, 0.15) is 19.8 Å². The molecule has 4 heteroatoms. The van der Waals surface area contributed by atoms with Crippen LogP contribution in [0.15, 0.2) is 45.1 Å². The fraction of sp³-hybridized carbons (Fsp3) is 0.385. The highest BCUT2D eigenvalue weighted by Gasteiger charge is 2.27. The molecule has 2 aliphatic heterocycles. The molecular weight excluding hydrogens is 234 g/mol. The number of nitrogens with one attached hydrogen (secondary N) is 1. The standard InChI is InChI=1S/C13H14ClN3/c1-8-4-2-3-5-9(8)10-6-11-12(16-10)7-15-13(14)17-11/h2,4,6,12,16H,3,5,7H2,1H3. The molecular formula is C13H14ClN3. The first-order valence-electron chi connectivity index (χ1n) is 5.87.